The zero-order chi connectivity index (χ0) is 13.1. The van der Waals surface area contributed by atoms with Crippen molar-refractivity contribution in [3.05, 3.63) is 29.7 Å². The Morgan fingerprint density at radius 2 is 2.28 bits per heavy atom. The molecule has 0 radical (unpaired) electrons. The highest BCUT2D eigenvalue weighted by Crippen LogP contribution is 2.11. The van der Waals surface area contributed by atoms with E-state index in [-0.39, 0.29) is 5.56 Å². The van der Waals surface area contributed by atoms with Gasteiger partial charge in [-0.3, -0.25) is 4.40 Å². The number of carboxylic acids is 1. The molecule has 0 aliphatic rings. The van der Waals surface area contributed by atoms with Crippen LogP contribution in [0.5, 0.6) is 0 Å². The van der Waals surface area contributed by atoms with Crippen molar-refractivity contribution in [3.8, 4) is 0 Å². The number of hydrogen-bond donors (Lipinski definition) is 1. The smallest absolute Gasteiger partial charge is 0.337 e. The average molecular weight is 249 g/mol. The van der Waals surface area contributed by atoms with Gasteiger partial charge < -0.3 is 9.84 Å². The summed E-state index contributed by atoms with van der Waals surface area (Å²) in [5.74, 6) is 0.0926. The first-order chi connectivity index (χ1) is 8.61. The number of methoxy groups -OCH3 is 1. The van der Waals surface area contributed by atoms with Crippen molar-refractivity contribution in [3.63, 3.8) is 0 Å². The van der Waals surface area contributed by atoms with E-state index in [1.54, 1.807) is 23.8 Å². The van der Waals surface area contributed by atoms with Crippen LogP contribution >= 0.6 is 0 Å². The van der Waals surface area contributed by atoms with Crippen molar-refractivity contribution in [2.75, 3.05) is 13.7 Å². The molecule has 0 saturated carbocycles. The molecule has 1 N–H and O–H groups in total. The summed E-state index contributed by atoms with van der Waals surface area (Å²) in [6.45, 7) is 2.68. The molecule has 96 valence electrons. The standard InChI is InChI=1S/C12H15N3O3/c1-8(7-18-2)5-11-14-13-10-4-3-9(12(16)17)6-15(10)11/h3-4,6,8H,5,7H2,1-2H3,(H,16,17). The molecule has 2 aromatic rings. The lowest BCUT2D eigenvalue weighted by atomic mass is 10.1. The van der Waals surface area contributed by atoms with E-state index in [1.165, 1.54) is 6.07 Å². The fourth-order valence-electron chi connectivity index (χ4n) is 1.86. The second kappa shape index (κ2) is 5.14. The van der Waals surface area contributed by atoms with Crippen LogP contribution in [0.4, 0.5) is 0 Å². The van der Waals surface area contributed by atoms with Gasteiger partial charge in [0.1, 0.15) is 5.82 Å². The molecule has 0 aromatic carbocycles. The maximum Gasteiger partial charge on any atom is 0.337 e. The molecule has 18 heavy (non-hydrogen) atoms. The molecule has 6 nitrogen and oxygen atoms in total. The van der Waals surface area contributed by atoms with Crippen LogP contribution in [0.15, 0.2) is 18.3 Å². The summed E-state index contributed by atoms with van der Waals surface area (Å²) < 4.78 is 6.79. The van der Waals surface area contributed by atoms with E-state index in [4.69, 9.17) is 9.84 Å². The number of carboxylic acid groups (broad SMARTS) is 1. The SMILES string of the molecule is COCC(C)Cc1nnc2ccc(C(=O)O)cn12. The predicted molar refractivity (Wildman–Crippen MR) is 64.7 cm³/mol. The van der Waals surface area contributed by atoms with E-state index in [9.17, 15) is 4.79 Å². The lowest BCUT2D eigenvalue weighted by Crippen LogP contribution is -2.10. The Hall–Kier alpha value is -1.95. The minimum atomic E-state index is -0.957. The van der Waals surface area contributed by atoms with E-state index >= 15 is 0 Å². The van der Waals surface area contributed by atoms with E-state index in [0.29, 0.717) is 24.6 Å². The minimum Gasteiger partial charge on any atom is -0.478 e. The van der Waals surface area contributed by atoms with Crippen molar-refractivity contribution < 1.29 is 14.6 Å². The third-order valence-corrected chi connectivity index (χ3v) is 2.70. The Balaban J connectivity index is 2.33. The molecule has 0 aliphatic heterocycles. The normalized spacial score (nSPS) is 12.8. The van der Waals surface area contributed by atoms with Crippen molar-refractivity contribution in [1.82, 2.24) is 14.6 Å². The Labute approximate surface area is 104 Å². The van der Waals surface area contributed by atoms with Gasteiger partial charge in [0.2, 0.25) is 0 Å². The zero-order valence-electron chi connectivity index (χ0n) is 10.3. The van der Waals surface area contributed by atoms with E-state index in [2.05, 4.69) is 10.2 Å². The highest BCUT2D eigenvalue weighted by Gasteiger charge is 2.12. The molecule has 0 spiro atoms. The fraction of sp³-hybridized carbons (Fsp3) is 0.417. The summed E-state index contributed by atoms with van der Waals surface area (Å²) in [6, 6.07) is 3.18. The highest BCUT2D eigenvalue weighted by atomic mass is 16.5. The summed E-state index contributed by atoms with van der Waals surface area (Å²) >= 11 is 0. The van der Waals surface area contributed by atoms with Gasteiger partial charge in [-0.15, -0.1) is 10.2 Å². The summed E-state index contributed by atoms with van der Waals surface area (Å²) in [4.78, 5) is 10.9. The van der Waals surface area contributed by atoms with Crippen LogP contribution in [0.25, 0.3) is 5.65 Å². The third-order valence-electron chi connectivity index (χ3n) is 2.70. The Morgan fingerprint density at radius 3 is 2.94 bits per heavy atom. The molecule has 2 rings (SSSR count). The van der Waals surface area contributed by atoms with Gasteiger partial charge in [0, 0.05) is 26.3 Å². The lowest BCUT2D eigenvalue weighted by molar-refractivity contribution is 0.0696. The van der Waals surface area contributed by atoms with E-state index in [1.807, 2.05) is 6.92 Å². The van der Waals surface area contributed by atoms with Gasteiger partial charge in [0.15, 0.2) is 5.65 Å². The Morgan fingerprint density at radius 1 is 1.50 bits per heavy atom. The first kappa shape index (κ1) is 12.5. The molecule has 2 aromatic heterocycles. The van der Waals surface area contributed by atoms with Gasteiger partial charge in [-0.25, -0.2) is 4.79 Å². The Bertz CT molecular complexity index is 565. The van der Waals surface area contributed by atoms with Crippen LogP contribution in [-0.2, 0) is 11.2 Å². The van der Waals surface area contributed by atoms with Crippen LogP contribution in [-0.4, -0.2) is 39.4 Å². The molecule has 6 heteroatoms. The fourth-order valence-corrected chi connectivity index (χ4v) is 1.86. The number of pyridine rings is 1. The summed E-state index contributed by atoms with van der Waals surface area (Å²) in [7, 11) is 1.65. The summed E-state index contributed by atoms with van der Waals surface area (Å²) in [5, 5.41) is 17.1. The maximum atomic E-state index is 10.9. The van der Waals surface area contributed by atoms with Crippen molar-refractivity contribution >= 4 is 11.6 Å². The highest BCUT2D eigenvalue weighted by molar-refractivity contribution is 5.87. The van der Waals surface area contributed by atoms with Gasteiger partial charge in [0.25, 0.3) is 0 Å². The Kier molecular flexibility index (Phi) is 3.57. The molecule has 0 aliphatic carbocycles. The first-order valence-electron chi connectivity index (χ1n) is 5.67. The van der Waals surface area contributed by atoms with Crippen molar-refractivity contribution in [2.24, 2.45) is 5.92 Å². The lowest BCUT2D eigenvalue weighted by Gasteiger charge is -2.08. The number of fused-ring (bicyclic) bond motifs is 1. The largest absolute Gasteiger partial charge is 0.478 e. The third kappa shape index (κ3) is 2.48. The van der Waals surface area contributed by atoms with Crippen LogP contribution in [0.3, 0.4) is 0 Å². The molecule has 0 bridgehead atoms. The molecule has 0 amide bonds. The van der Waals surface area contributed by atoms with Gasteiger partial charge in [0.05, 0.1) is 5.56 Å². The molecule has 0 saturated heterocycles. The zero-order valence-corrected chi connectivity index (χ0v) is 10.3. The molecule has 2 heterocycles. The number of rotatable bonds is 5. The minimum absolute atomic E-state index is 0.225. The number of hydrogen-bond acceptors (Lipinski definition) is 4. The van der Waals surface area contributed by atoms with Gasteiger partial charge in [-0.2, -0.15) is 0 Å². The van der Waals surface area contributed by atoms with Crippen LogP contribution in [0.2, 0.25) is 0 Å². The quantitative estimate of drug-likeness (QED) is 0.863. The predicted octanol–water partition coefficient (Wildman–Crippen LogP) is 1.25. The van der Waals surface area contributed by atoms with Crippen LogP contribution in [0, 0.1) is 5.92 Å². The van der Waals surface area contributed by atoms with Crippen molar-refractivity contribution in [1.29, 1.82) is 0 Å². The number of ether oxygens (including phenoxy) is 1. The van der Waals surface area contributed by atoms with Gasteiger partial charge in [-0.1, -0.05) is 6.92 Å². The van der Waals surface area contributed by atoms with E-state index in [0.717, 1.165) is 5.82 Å². The molecular formula is C12H15N3O3. The van der Waals surface area contributed by atoms with Gasteiger partial charge in [-0.05, 0) is 18.1 Å². The average Bonchev–Trinajstić information content (AvgIpc) is 2.72. The molecular weight excluding hydrogens is 234 g/mol. The number of carbonyl (C=O) groups is 1. The maximum absolute atomic E-state index is 10.9. The second-order valence-corrected chi connectivity index (χ2v) is 4.33. The number of nitrogens with zero attached hydrogens (tertiary/aromatic N) is 3. The topological polar surface area (TPSA) is 76.7 Å². The molecule has 0 fully saturated rings. The number of aromatic nitrogens is 3. The summed E-state index contributed by atoms with van der Waals surface area (Å²) in [5.41, 5.74) is 0.877. The molecule has 1 atom stereocenters. The van der Waals surface area contributed by atoms with Crippen LogP contribution in [0.1, 0.15) is 23.1 Å². The summed E-state index contributed by atoms with van der Waals surface area (Å²) in [6.07, 6.45) is 2.24. The van der Waals surface area contributed by atoms with Gasteiger partial charge >= 0.3 is 5.97 Å². The van der Waals surface area contributed by atoms with Crippen LogP contribution < -0.4 is 0 Å². The number of aromatic carboxylic acids is 1. The molecule has 1 unspecified atom stereocenters. The second-order valence-electron chi connectivity index (χ2n) is 4.33. The van der Waals surface area contributed by atoms with Crippen molar-refractivity contribution in [2.45, 2.75) is 13.3 Å². The first-order valence-corrected chi connectivity index (χ1v) is 5.67. The monoisotopic (exact) mass is 249 g/mol. The van der Waals surface area contributed by atoms with E-state index < -0.39 is 5.97 Å².